The van der Waals surface area contributed by atoms with Crippen molar-refractivity contribution < 1.29 is 14.3 Å². The number of hydrogen-bond donors (Lipinski definition) is 0. The quantitative estimate of drug-likeness (QED) is 0.473. The first-order valence-electron chi connectivity index (χ1n) is 5.55. The Balaban J connectivity index is 2.49. The van der Waals surface area contributed by atoms with Crippen molar-refractivity contribution in [3.63, 3.8) is 0 Å². The maximum absolute atomic E-state index is 11.7. The molecule has 6 nitrogen and oxygen atoms in total. The smallest absolute Gasteiger partial charge is 0.360 e. The van der Waals surface area contributed by atoms with Gasteiger partial charge in [-0.1, -0.05) is 30.3 Å². The minimum absolute atomic E-state index is 0.154. The summed E-state index contributed by atoms with van der Waals surface area (Å²) in [7, 11) is 2.74. The zero-order chi connectivity index (χ0) is 13.7. The Morgan fingerprint density at radius 2 is 2.00 bits per heavy atom. The highest BCUT2D eigenvalue weighted by molar-refractivity contribution is 6.09. The lowest BCUT2D eigenvalue weighted by Crippen LogP contribution is -2.13. The minimum atomic E-state index is -0.551. The van der Waals surface area contributed by atoms with E-state index in [1.165, 1.54) is 31.5 Å². The molecule has 1 aromatic carbocycles. The second-order valence-electron chi connectivity index (χ2n) is 3.59. The predicted octanol–water partition coefficient (Wildman–Crippen LogP) is 1.56. The van der Waals surface area contributed by atoms with Crippen LogP contribution in [-0.2, 0) is 14.3 Å². The van der Waals surface area contributed by atoms with Gasteiger partial charge in [0, 0.05) is 5.56 Å². The summed E-state index contributed by atoms with van der Waals surface area (Å²) in [5.74, 6) is -0.0150. The first-order valence-corrected chi connectivity index (χ1v) is 5.55. The van der Waals surface area contributed by atoms with Crippen molar-refractivity contribution in [2.75, 3.05) is 14.2 Å². The predicted molar refractivity (Wildman–Crippen MR) is 68.8 cm³/mol. The Hall–Kier alpha value is -2.63. The number of esters is 1. The van der Waals surface area contributed by atoms with E-state index in [2.05, 4.69) is 10.1 Å². The van der Waals surface area contributed by atoms with E-state index in [1.54, 1.807) is 0 Å². The molecule has 1 heterocycles. The number of carbonyl (C=O) groups excluding carboxylic acids is 1. The molecule has 0 atom stereocenters. The Morgan fingerprint density at radius 3 is 2.63 bits per heavy atom. The van der Waals surface area contributed by atoms with Crippen LogP contribution in [0.2, 0.25) is 0 Å². The minimum Gasteiger partial charge on any atom is -0.502 e. The molecule has 0 amide bonds. The molecule has 19 heavy (non-hydrogen) atoms. The molecule has 0 N–H and O–H groups in total. The van der Waals surface area contributed by atoms with Gasteiger partial charge in [0.25, 0.3) is 0 Å². The summed E-state index contributed by atoms with van der Waals surface area (Å²) in [4.78, 5) is 15.9. The molecule has 0 saturated carbocycles. The Bertz CT molecular complexity index is 590. The van der Waals surface area contributed by atoms with Gasteiger partial charge in [-0.25, -0.2) is 14.5 Å². The maximum atomic E-state index is 11.7. The van der Waals surface area contributed by atoms with Crippen LogP contribution in [0.4, 0.5) is 0 Å². The molecule has 0 radical (unpaired) electrons. The van der Waals surface area contributed by atoms with Crippen molar-refractivity contribution in [1.82, 2.24) is 14.8 Å². The van der Waals surface area contributed by atoms with Gasteiger partial charge in [0.15, 0.2) is 11.5 Å². The molecule has 0 fully saturated rings. The monoisotopic (exact) mass is 259 g/mol. The second-order valence-corrected chi connectivity index (χ2v) is 3.59. The van der Waals surface area contributed by atoms with Gasteiger partial charge in [0.1, 0.15) is 12.6 Å². The SMILES string of the molecule is COC=C(C(=O)OC)n1ncnc1-c1ccccc1. The molecule has 2 aromatic rings. The first-order chi connectivity index (χ1) is 9.27. The molecule has 0 bridgehead atoms. The molecule has 0 aliphatic rings. The number of ether oxygens (including phenoxy) is 2. The van der Waals surface area contributed by atoms with Crippen molar-refractivity contribution in [2.24, 2.45) is 0 Å². The van der Waals surface area contributed by atoms with Crippen molar-refractivity contribution in [1.29, 1.82) is 0 Å². The normalized spacial score (nSPS) is 11.2. The van der Waals surface area contributed by atoms with Crippen LogP contribution >= 0.6 is 0 Å². The Kier molecular flexibility index (Phi) is 3.92. The number of carbonyl (C=O) groups is 1. The lowest BCUT2D eigenvalue weighted by molar-refractivity contribution is -0.134. The highest BCUT2D eigenvalue weighted by atomic mass is 16.5. The number of nitrogens with zero attached hydrogens (tertiary/aromatic N) is 3. The average molecular weight is 259 g/mol. The summed E-state index contributed by atoms with van der Waals surface area (Å²) in [5.41, 5.74) is 0.993. The topological polar surface area (TPSA) is 66.2 Å². The van der Waals surface area contributed by atoms with Crippen molar-refractivity contribution >= 4 is 11.7 Å². The summed E-state index contributed by atoms with van der Waals surface area (Å²) in [6.07, 6.45) is 2.64. The zero-order valence-corrected chi connectivity index (χ0v) is 10.6. The van der Waals surface area contributed by atoms with Gasteiger partial charge in [0.2, 0.25) is 0 Å². The van der Waals surface area contributed by atoms with Crippen LogP contribution < -0.4 is 0 Å². The number of rotatable bonds is 4. The summed E-state index contributed by atoms with van der Waals surface area (Å²) in [6, 6.07) is 9.42. The molecule has 1 aromatic heterocycles. The number of hydrogen-bond acceptors (Lipinski definition) is 5. The van der Waals surface area contributed by atoms with Crippen molar-refractivity contribution in [3.8, 4) is 11.4 Å². The number of benzene rings is 1. The van der Waals surface area contributed by atoms with E-state index in [9.17, 15) is 4.79 Å². The van der Waals surface area contributed by atoms with Crippen LogP contribution in [0.3, 0.4) is 0 Å². The van der Waals surface area contributed by atoms with E-state index in [1.807, 2.05) is 30.3 Å². The molecule has 0 saturated heterocycles. The third-order valence-corrected chi connectivity index (χ3v) is 2.43. The van der Waals surface area contributed by atoms with E-state index in [4.69, 9.17) is 9.47 Å². The van der Waals surface area contributed by atoms with E-state index in [-0.39, 0.29) is 5.70 Å². The van der Waals surface area contributed by atoms with Gasteiger partial charge < -0.3 is 9.47 Å². The van der Waals surface area contributed by atoms with Gasteiger partial charge in [-0.2, -0.15) is 5.10 Å². The van der Waals surface area contributed by atoms with E-state index in [0.717, 1.165) is 5.56 Å². The highest BCUT2D eigenvalue weighted by Crippen LogP contribution is 2.19. The molecule has 2 rings (SSSR count). The molecular weight excluding hydrogens is 246 g/mol. The lowest BCUT2D eigenvalue weighted by atomic mass is 10.2. The Labute approximate surface area is 110 Å². The standard InChI is InChI=1S/C13H13N3O3/c1-18-8-11(13(17)19-2)16-12(14-9-15-16)10-6-4-3-5-7-10/h3-9H,1-2H3. The molecule has 98 valence electrons. The third-order valence-electron chi connectivity index (χ3n) is 2.43. The molecule has 0 spiro atoms. The third kappa shape index (κ3) is 2.62. The van der Waals surface area contributed by atoms with Gasteiger partial charge in [-0.15, -0.1) is 0 Å². The fourth-order valence-corrected chi connectivity index (χ4v) is 1.60. The maximum Gasteiger partial charge on any atom is 0.360 e. The van der Waals surface area contributed by atoms with Crippen LogP contribution in [0, 0.1) is 0 Å². The molecule has 0 unspecified atom stereocenters. The summed E-state index contributed by atoms with van der Waals surface area (Å²) >= 11 is 0. The fraction of sp³-hybridized carbons (Fsp3) is 0.154. The molecule has 0 aliphatic carbocycles. The van der Waals surface area contributed by atoms with Gasteiger partial charge in [0.05, 0.1) is 14.2 Å². The van der Waals surface area contributed by atoms with Crippen LogP contribution in [-0.4, -0.2) is 35.0 Å². The largest absolute Gasteiger partial charge is 0.502 e. The van der Waals surface area contributed by atoms with Crippen LogP contribution in [0.1, 0.15) is 0 Å². The van der Waals surface area contributed by atoms with E-state index >= 15 is 0 Å². The number of aromatic nitrogens is 3. The average Bonchev–Trinajstić information content (AvgIpc) is 2.94. The van der Waals surface area contributed by atoms with Crippen molar-refractivity contribution in [2.45, 2.75) is 0 Å². The van der Waals surface area contributed by atoms with Crippen LogP contribution in [0.25, 0.3) is 17.1 Å². The molecule has 6 heteroatoms. The summed E-state index contributed by atoms with van der Waals surface area (Å²) in [6.45, 7) is 0. The summed E-state index contributed by atoms with van der Waals surface area (Å²) in [5, 5.41) is 4.04. The van der Waals surface area contributed by atoms with Crippen molar-refractivity contribution in [3.05, 3.63) is 42.9 Å². The lowest BCUT2D eigenvalue weighted by Gasteiger charge is -2.08. The van der Waals surface area contributed by atoms with E-state index in [0.29, 0.717) is 5.82 Å². The van der Waals surface area contributed by atoms with Gasteiger partial charge >= 0.3 is 5.97 Å². The first kappa shape index (κ1) is 12.8. The second kappa shape index (κ2) is 5.81. The Morgan fingerprint density at radius 1 is 1.26 bits per heavy atom. The number of methoxy groups -OCH3 is 2. The van der Waals surface area contributed by atoms with Gasteiger partial charge in [-0.3, -0.25) is 0 Å². The zero-order valence-electron chi connectivity index (χ0n) is 10.6. The molecular formula is C13H13N3O3. The van der Waals surface area contributed by atoms with E-state index < -0.39 is 5.97 Å². The summed E-state index contributed by atoms with van der Waals surface area (Å²) < 4.78 is 11.0. The van der Waals surface area contributed by atoms with Gasteiger partial charge in [-0.05, 0) is 0 Å². The van der Waals surface area contributed by atoms with Crippen LogP contribution in [0.15, 0.2) is 42.9 Å². The molecule has 0 aliphatic heterocycles. The van der Waals surface area contributed by atoms with Crippen LogP contribution in [0.5, 0.6) is 0 Å². The fourth-order valence-electron chi connectivity index (χ4n) is 1.60. The highest BCUT2D eigenvalue weighted by Gasteiger charge is 2.18.